The standard InChI is InChI=1S/C31H35N5O2/c1-33-30(35-23-32)36(21-24-11-5-3-6-12-24)26-17-19-31(20-18-26,25-13-7-4-8-14-25)22-34-29(37)27-15-9-10-16-28(27)38-2/h3-16,26H,17-22H2,1-2H3,(H,33,35)(H,34,37). The fraction of sp³-hybridized carbons (Fsp3) is 0.323. The van der Waals surface area contributed by atoms with Crippen molar-refractivity contribution in [2.24, 2.45) is 4.99 Å². The maximum absolute atomic E-state index is 13.2. The van der Waals surface area contributed by atoms with Crippen molar-refractivity contribution in [2.45, 2.75) is 43.7 Å². The van der Waals surface area contributed by atoms with Crippen LogP contribution in [0, 0.1) is 11.5 Å². The monoisotopic (exact) mass is 509 g/mol. The average Bonchev–Trinajstić information content (AvgIpc) is 2.99. The van der Waals surface area contributed by atoms with Crippen LogP contribution in [0.25, 0.3) is 0 Å². The van der Waals surface area contributed by atoms with Crippen LogP contribution >= 0.6 is 0 Å². The van der Waals surface area contributed by atoms with E-state index in [-0.39, 0.29) is 17.4 Å². The van der Waals surface area contributed by atoms with Crippen LogP contribution in [0.4, 0.5) is 0 Å². The second-order valence-corrected chi connectivity index (χ2v) is 9.66. The summed E-state index contributed by atoms with van der Waals surface area (Å²) in [6.45, 7) is 1.19. The number of amides is 1. The highest BCUT2D eigenvalue weighted by molar-refractivity contribution is 5.97. The van der Waals surface area contributed by atoms with E-state index in [4.69, 9.17) is 4.74 Å². The summed E-state index contributed by atoms with van der Waals surface area (Å²) >= 11 is 0. The van der Waals surface area contributed by atoms with Crippen molar-refractivity contribution in [3.05, 3.63) is 102 Å². The normalized spacial score (nSPS) is 19.2. The van der Waals surface area contributed by atoms with Crippen molar-refractivity contribution >= 4 is 11.9 Å². The first-order valence-electron chi connectivity index (χ1n) is 13.0. The number of nitrogens with zero attached hydrogens (tertiary/aromatic N) is 3. The maximum Gasteiger partial charge on any atom is 0.255 e. The minimum Gasteiger partial charge on any atom is -0.496 e. The number of para-hydroxylation sites is 1. The lowest BCUT2D eigenvalue weighted by molar-refractivity contribution is 0.0925. The molecule has 38 heavy (non-hydrogen) atoms. The predicted molar refractivity (Wildman–Crippen MR) is 150 cm³/mol. The van der Waals surface area contributed by atoms with Crippen LogP contribution in [0.2, 0.25) is 0 Å². The van der Waals surface area contributed by atoms with Crippen LogP contribution in [-0.2, 0) is 12.0 Å². The third-order valence-corrected chi connectivity index (χ3v) is 7.53. The molecule has 3 aromatic rings. The highest BCUT2D eigenvalue weighted by Crippen LogP contribution is 2.41. The summed E-state index contributed by atoms with van der Waals surface area (Å²) in [5.74, 6) is 1.01. The number of hydrogen-bond donors (Lipinski definition) is 2. The molecule has 0 heterocycles. The van der Waals surface area contributed by atoms with Crippen molar-refractivity contribution in [2.75, 3.05) is 20.7 Å². The Balaban J connectivity index is 1.55. The summed E-state index contributed by atoms with van der Waals surface area (Å²) in [5.41, 5.74) is 2.73. The summed E-state index contributed by atoms with van der Waals surface area (Å²) in [4.78, 5) is 19.8. The molecule has 1 saturated carbocycles. The minimum atomic E-state index is -0.194. The van der Waals surface area contributed by atoms with E-state index in [1.807, 2.05) is 42.6 Å². The van der Waals surface area contributed by atoms with E-state index in [2.05, 4.69) is 56.9 Å². The zero-order valence-corrected chi connectivity index (χ0v) is 22.1. The Hall–Kier alpha value is -4.31. The molecule has 1 fully saturated rings. The van der Waals surface area contributed by atoms with E-state index in [0.717, 1.165) is 31.2 Å². The van der Waals surface area contributed by atoms with E-state index in [1.54, 1.807) is 26.3 Å². The van der Waals surface area contributed by atoms with Crippen molar-refractivity contribution in [3.63, 3.8) is 0 Å². The number of nitriles is 1. The molecule has 0 radical (unpaired) electrons. The summed E-state index contributed by atoms with van der Waals surface area (Å²) in [5, 5.41) is 15.3. The number of aliphatic imine (C=N–C) groups is 1. The van der Waals surface area contributed by atoms with Gasteiger partial charge in [0.25, 0.3) is 5.91 Å². The largest absolute Gasteiger partial charge is 0.496 e. The summed E-state index contributed by atoms with van der Waals surface area (Å²) in [7, 11) is 3.29. The van der Waals surface area contributed by atoms with Gasteiger partial charge in [-0.15, -0.1) is 0 Å². The van der Waals surface area contributed by atoms with Gasteiger partial charge in [-0.2, -0.15) is 5.26 Å². The van der Waals surface area contributed by atoms with Crippen LogP contribution in [-0.4, -0.2) is 43.5 Å². The van der Waals surface area contributed by atoms with E-state index in [1.165, 1.54) is 5.56 Å². The highest BCUT2D eigenvalue weighted by Gasteiger charge is 2.39. The maximum atomic E-state index is 13.2. The van der Waals surface area contributed by atoms with Gasteiger partial charge in [0.2, 0.25) is 5.96 Å². The summed E-state index contributed by atoms with van der Waals surface area (Å²) in [6.07, 6.45) is 5.63. The van der Waals surface area contributed by atoms with E-state index in [9.17, 15) is 10.1 Å². The molecule has 7 heteroatoms. The van der Waals surface area contributed by atoms with Crippen LogP contribution < -0.4 is 15.4 Å². The van der Waals surface area contributed by atoms with Gasteiger partial charge in [0.1, 0.15) is 5.75 Å². The molecular formula is C31H35N5O2. The number of ether oxygens (including phenoxy) is 1. The van der Waals surface area contributed by atoms with Gasteiger partial charge in [-0.1, -0.05) is 72.8 Å². The number of methoxy groups -OCH3 is 1. The van der Waals surface area contributed by atoms with Gasteiger partial charge in [-0.3, -0.25) is 15.1 Å². The molecule has 0 aliphatic heterocycles. The van der Waals surface area contributed by atoms with Gasteiger partial charge in [0, 0.05) is 31.6 Å². The van der Waals surface area contributed by atoms with Crippen molar-refractivity contribution in [1.82, 2.24) is 15.5 Å². The number of benzene rings is 3. The van der Waals surface area contributed by atoms with Crippen LogP contribution in [0.3, 0.4) is 0 Å². The van der Waals surface area contributed by atoms with Gasteiger partial charge in [0.15, 0.2) is 6.19 Å². The van der Waals surface area contributed by atoms with Crippen molar-refractivity contribution < 1.29 is 9.53 Å². The SMILES string of the molecule is CN=C(NC#N)N(Cc1ccccc1)C1CCC(CNC(=O)c2ccccc2OC)(c2ccccc2)CC1. The van der Waals surface area contributed by atoms with Crippen molar-refractivity contribution in [3.8, 4) is 11.9 Å². The smallest absolute Gasteiger partial charge is 0.255 e. The van der Waals surface area contributed by atoms with E-state index < -0.39 is 0 Å². The lowest BCUT2D eigenvalue weighted by Crippen LogP contribution is -2.51. The van der Waals surface area contributed by atoms with Crippen LogP contribution in [0.1, 0.15) is 47.2 Å². The van der Waals surface area contributed by atoms with Crippen LogP contribution in [0.5, 0.6) is 5.75 Å². The molecule has 196 valence electrons. The first-order valence-corrected chi connectivity index (χ1v) is 13.0. The number of carbonyl (C=O) groups excluding carboxylic acids is 1. The lowest BCUT2D eigenvalue weighted by atomic mass is 9.67. The molecule has 3 aromatic carbocycles. The van der Waals surface area contributed by atoms with E-state index in [0.29, 0.717) is 30.4 Å². The predicted octanol–water partition coefficient (Wildman–Crippen LogP) is 4.86. The third-order valence-electron chi connectivity index (χ3n) is 7.53. The van der Waals surface area contributed by atoms with Crippen LogP contribution in [0.15, 0.2) is 89.9 Å². The number of hydrogen-bond acceptors (Lipinski definition) is 4. The molecule has 1 amide bonds. The highest BCUT2D eigenvalue weighted by atomic mass is 16.5. The third kappa shape index (κ3) is 6.15. The van der Waals surface area contributed by atoms with Gasteiger partial charge < -0.3 is 15.0 Å². The molecule has 1 aliphatic carbocycles. The molecule has 0 bridgehead atoms. The average molecular weight is 510 g/mol. The second kappa shape index (κ2) is 12.8. The molecule has 0 saturated heterocycles. The molecule has 1 aliphatic rings. The first kappa shape index (κ1) is 26.7. The number of guanidine groups is 1. The van der Waals surface area contributed by atoms with E-state index >= 15 is 0 Å². The molecule has 2 N–H and O–H groups in total. The fourth-order valence-corrected chi connectivity index (χ4v) is 5.47. The zero-order chi connectivity index (χ0) is 26.8. The van der Waals surface area contributed by atoms with Gasteiger partial charge >= 0.3 is 0 Å². The fourth-order valence-electron chi connectivity index (χ4n) is 5.47. The Bertz CT molecular complexity index is 1260. The Morgan fingerprint density at radius 3 is 2.29 bits per heavy atom. The minimum absolute atomic E-state index is 0.135. The summed E-state index contributed by atoms with van der Waals surface area (Å²) in [6, 6.07) is 28.2. The van der Waals surface area contributed by atoms with Gasteiger partial charge in [-0.05, 0) is 48.9 Å². The molecule has 0 aromatic heterocycles. The molecule has 0 atom stereocenters. The Morgan fingerprint density at radius 2 is 1.66 bits per heavy atom. The molecule has 0 unspecified atom stereocenters. The summed E-state index contributed by atoms with van der Waals surface area (Å²) < 4.78 is 5.40. The second-order valence-electron chi connectivity index (χ2n) is 9.66. The Labute approximate surface area is 225 Å². The molecular weight excluding hydrogens is 474 g/mol. The van der Waals surface area contributed by atoms with Gasteiger partial charge in [-0.25, -0.2) is 0 Å². The molecule has 7 nitrogen and oxygen atoms in total. The van der Waals surface area contributed by atoms with Crippen molar-refractivity contribution in [1.29, 1.82) is 5.26 Å². The Morgan fingerprint density at radius 1 is 1.03 bits per heavy atom. The lowest BCUT2D eigenvalue weighted by Gasteiger charge is -2.44. The topological polar surface area (TPSA) is 89.8 Å². The quantitative estimate of drug-likeness (QED) is 0.196. The molecule has 4 rings (SSSR count). The number of carbonyl (C=O) groups is 1. The number of nitrogens with one attached hydrogen (secondary N) is 2. The molecule has 0 spiro atoms. The Kier molecular flexibility index (Phi) is 8.99. The first-order chi connectivity index (χ1) is 18.6. The number of rotatable bonds is 8. The van der Waals surface area contributed by atoms with Gasteiger partial charge in [0.05, 0.1) is 12.7 Å². The zero-order valence-electron chi connectivity index (χ0n) is 22.1.